The Bertz CT molecular complexity index is 929. The largest absolute Gasteiger partial charge is 0.478 e. The van der Waals surface area contributed by atoms with Crippen LogP contribution in [0.5, 0.6) is 11.5 Å². The Hall–Kier alpha value is -3.88. The Morgan fingerprint density at radius 2 is 1.12 bits per heavy atom. The first kappa shape index (κ1) is 18.5. The van der Waals surface area contributed by atoms with E-state index in [4.69, 9.17) is 4.74 Å². The molecule has 0 aliphatic carbocycles. The predicted molar refractivity (Wildman–Crippen MR) is 85.5 cm³/mol. The van der Waals surface area contributed by atoms with E-state index in [-0.39, 0.29) is 11.3 Å². The van der Waals surface area contributed by atoms with Crippen molar-refractivity contribution < 1.29 is 44.3 Å². The van der Waals surface area contributed by atoms with Crippen molar-refractivity contribution >= 4 is 23.9 Å². The fraction of sp³-hybridized carbons (Fsp3) is 0.0588. The molecule has 0 bridgehead atoms. The molecule has 4 N–H and O–H groups in total. The molecule has 26 heavy (non-hydrogen) atoms. The smallest absolute Gasteiger partial charge is 0.340 e. The molecule has 9 heteroatoms. The van der Waals surface area contributed by atoms with Gasteiger partial charge in [0.1, 0.15) is 17.1 Å². The number of rotatable bonds is 6. The Morgan fingerprint density at radius 1 is 0.692 bits per heavy atom. The summed E-state index contributed by atoms with van der Waals surface area (Å²) < 4.78 is 5.42. The summed E-state index contributed by atoms with van der Waals surface area (Å²) in [6, 6.07) is 7.66. The number of hydrogen-bond acceptors (Lipinski definition) is 5. The third-order valence-electron chi connectivity index (χ3n) is 3.51. The highest BCUT2D eigenvalue weighted by Gasteiger charge is 2.36. The minimum atomic E-state index is -1.90. The van der Waals surface area contributed by atoms with Crippen LogP contribution >= 0.6 is 0 Å². The molecule has 0 amide bonds. The number of hydrogen-bond donors (Lipinski definition) is 4. The second-order valence-corrected chi connectivity index (χ2v) is 5.09. The Labute approximate surface area is 145 Å². The van der Waals surface area contributed by atoms with E-state index < -0.39 is 51.9 Å². The molecule has 2 rings (SSSR count). The maximum absolute atomic E-state index is 11.7. The van der Waals surface area contributed by atoms with Crippen molar-refractivity contribution in [2.45, 2.75) is 6.92 Å². The van der Waals surface area contributed by atoms with Crippen LogP contribution in [0.3, 0.4) is 0 Å². The van der Waals surface area contributed by atoms with Crippen LogP contribution in [-0.2, 0) is 0 Å². The average Bonchev–Trinajstić information content (AvgIpc) is 2.55. The minimum absolute atomic E-state index is 0.119. The lowest BCUT2D eigenvalue weighted by molar-refractivity contribution is 0.0617. The number of para-hydroxylation sites is 1. The van der Waals surface area contributed by atoms with Crippen molar-refractivity contribution in [1.29, 1.82) is 0 Å². The number of ether oxygens (including phenoxy) is 1. The Morgan fingerprint density at radius 3 is 1.54 bits per heavy atom. The van der Waals surface area contributed by atoms with Gasteiger partial charge in [-0.15, -0.1) is 0 Å². The van der Waals surface area contributed by atoms with Crippen LogP contribution in [0, 0.1) is 6.92 Å². The summed E-state index contributed by atoms with van der Waals surface area (Å²) in [6.45, 7) is 1.15. The van der Waals surface area contributed by atoms with Gasteiger partial charge < -0.3 is 25.2 Å². The molecule has 2 aromatic rings. The molecule has 0 aromatic heterocycles. The zero-order valence-electron chi connectivity index (χ0n) is 13.2. The molecule has 0 fully saturated rings. The second-order valence-electron chi connectivity index (χ2n) is 5.09. The van der Waals surface area contributed by atoms with Crippen molar-refractivity contribution in [3.8, 4) is 11.5 Å². The molecule has 9 nitrogen and oxygen atoms in total. The van der Waals surface area contributed by atoms with Gasteiger partial charge in [-0.05, 0) is 19.1 Å². The van der Waals surface area contributed by atoms with Crippen LogP contribution in [0.25, 0.3) is 0 Å². The quantitative estimate of drug-likeness (QED) is 0.607. The van der Waals surface area contributed by atoms with Gasteiger partial charge >= 0.3 is 23.9 Å². The minimum Gasteiger partial charge on any atom is -0.478 e. The first-order valence-corrected chi connectivity index (χ1v) is 7.03. The Balaban J connectivity index is 2.99. The van der Waals surface area contributed by atoms with Gasteiger partial charge in [0.05, 0.1) is 16.7 Å². The van der Waals surface area contributed by atoms with Gasteiger partial charge in [-0.2, -0.15) is 0 Å². The summed E-state index contributed by atoms with van der Waals surface area (Å²) in [5.74, 6) is -7.71. The van der Waals surface area contributed by atoms with Gasteiger partial charge in [0.2, 0.25) is 0 Å². The lowest BCUT2D eigenvalue weighted by Gasteiger charge is -2.18. The van der Waals surface area contributed by atoms with E-state index in [2.05, 4.69) is 0 Å². The molecule has 0 saturated heterocycles. The first-order chi connectivity index (χ1) is 12.2. The summed E-state index contributed by atoms with van der Waals surface area (Å²) in [4.78, 5) is 46.3. The van der Waals surface area contributed by atoms with Crippen molar-refractivity contribution in [2.75, 3.05) is 0 Å². The normalized spacial score (nSPS) is 10.2. The summed E-state index contributed by atoms with van der Waals surface area (Å²) in [6.07, 6.45) is 0. The highest BCUT2D eigenvalue weighted by Crippen LogP contribution is 2.37. The predicted octanol–water partition coefficient (Wildman–Crippen LogP) is 2.58. The number of carboxylic acid groups (broad SMARTS) is 4. The first-order valence-electron chi connectivity index (χ1n) is 7.03. The van der Waals surface area contributed by atoms with Crippen molar-refractivity contribution in [3.63, 3.8) is 0 Å². The van der Waals surface area contributed by atoms with Gasteiger partial charge in [0, 0.05) is 5.56 Å². The molecule has 0 spiro atoms. The highest BCUT2D eigenvalue weighted by molar-refractivity contribution is 6.16. The zero-order chi connectivity index (χ0) is 19.6. The van der Waals surface area contributed by atoms with E-state index in [1.165, 1.54) is 12.1 Å². The second kappa shape index (κ2) is 6.93. The molecule has 0 saturated carbocycles. The Kier molecular flexibility index (Phi) is 4.92. The van der Waals surface area contributed by atoms with E-state index in [9.17, 15) is 39.6 Å². The maximum Gasteiger partial charge on any atom is 0.340 e. The molecule has 0 atom stereocenters. The topological polar surface area (TPSA) is 158 Å². The summed E-state index contributed by atoms with van der Waals surface area (Å²) in [5.41, 5.74) is -4.41. The van der Waals surface area contributed by atoms with E-state index in [1.807, 2.05) is 0 Å². The van der Waals surface area contributed by atoms with Crippen LogP contribution in [0.15, 0.2) is 30.3 Å². The summed E-state index contributed by atoms with van der Waals surface area (Å²) >= 11 is 0. The number of benzene rings is 2. The molecule has 0 heterocycles. The highest BCUT2D eigenvalue weighted by atomic mass is 16.5. The molecular formula is C17H12O9. The average molecular weight is 360 g/mol. The van der Waals surface area contributed by atoms with Crippen LogP contribution in [0.1, 0.15) is 47.0 Å². The maximum atomic E-state index is 11.7. The summed E-state index contributed by atoms with van der Waals surface area (Å²) in [7, 11) is 0. The molecule has 0 aliphatic rings. The van der Waals surface area contributed by atoms with Crippen molar-refractivity contribution in [1.82, 2.24) is 0 Å². The van der Waals surface area contributed by atoms with Crippen LogP contribution in [0.2, 0.25) is 0 Å². The van der Waals surface area contributed by atoms with Crippen LogP contribution in [-0.4, -0.2) is 44.3 Å². The summed E-state index contributed by atoms with van der Waals surface area (Å²) in [5, 5.41) is 37.5. The monoisotopic (exact) mass is 360 g/mol. The SMILES string of the molecule is Cc1c(Oc2ccccc2)c(C(=O)O)c(C(=O)O)c(C(=O)O)c1C(=O)O. The molecule has 0 unspecified atom stereocenters. The standard InChI is InChI=1S/C17H12O9/c1-7-9(14(18)19)10(15(20)21)11(16(22)23)12(17(24)25)13(7)26-8-5-3-2-4-6-8/h2-6H,1H3,(H,18,19)(H,20,21)(H,22,23)(H,24,25). The molecule has 134 valence electrons. The van der Waals surface area contributed by atoms with Gasteiger partial charge in [-0.3, -0.25) is 0 Å². The van der Waals surface area contributed by atoms with Crippen LogP contribution in [0.4, 0.5) is 0 Å². The third kappa shape index (κ3) is 3.18. The van der Waals surface area contributed by atoms with E-state index >= 15 is 0 Å². The van der Waals surface area contributed by atoms with E-state index in [0.29, 0.717) is 0 Å². The fourth-order valence-electron chi connectivity index (χ4n) is 2.49. The number of carbonyl (C=O) groups is 4. The lowest BCUT2D eigenvalue weighted by atomic mass is 9.90. The fourth-order valence-corrected chi connectivity index (χ4v) is 2.49. The lowest BCUT2D eigenvalue weighted by Crippen LogP contribution is -2.22. The van der Waals surface area contributed by atoms with Gasteiger partial charge in [0.15, 0.2) is 0 Å². The third-order valence-corrected chi connectivity index (χ3v) is 3.51. The van der Waals surface area contributed by atoms with E-state index in [0.717, 1.165) is 6.92 Å². The van der Waals surface area contributed by atoms with Gasteiger partial charge in [0.25, 0.3) is 0 Å². The number of aromatic carboxylic acids is 4. The molecule has 2 aromatic carbocycles. The zero-order valence-corrected chi connectivity index (χ0v) is 13.2. The molecular weight excluding hydrogens is 348 g/mol. The van der Waals surface area contributed by atoms with Gasteiger partial charge in [-0.1, -0.05) is 18.2 Å². The van der Waals surface area contributed by atoms with Crippen molar-refractivity contribution in [3.05, 3.63) is 58.1 Å². The molecule has 0 radical (unpaired) electrons. The van der Waals surface area contributed by atoms with E-state index in [1.54, 1.807) is 18.2 Å². The van der Waals surface area contributed by atoms with Crippen molar-refractivity contribution in [2.24, 2.45) is 0 Å². The number of carboxylic acids is 4. The molecule has 0 aliphatic heterocycles. The van der Waals surface area contributed by atoms with Gasteiger partial charge in [-0.25, -0.2) is 19.2 Å². The van der Waals surface area contributed by atoms with Crippen LogP contribution < -0.4 is 4.74 Å².